The third-order valence-electron chi connectivity index (χ3n) is 3.19. The lowest BCUT2D eigenvalue weighted by molar-refractivity contribution is 0.0721. The first-order valence-corrected chi connectivity index (χ1v) is 7.38. The van der Waals surface area contributed by atoms with Crippen molar-refractivity contribution in [1.82, 2.24) is 4.57 Å². The summed E-state index contributed by atoms with van der Waals surface area (Å²) in [6.45, 7) is 15.0. The SMILES string of the molecule is C=Cc1cc(C(C)(C)O)n(-c2ccc(F)cc2)c1C=C.CC. The van der Waals surface area contributed by atoms with Gasteiger partial charge in [0.25, 0.3) is 0 Å². The minimum atomic E-state index is -1.03. The predicted molar refractivity (Wildman–Crippen MR) is 92.5 cm³/mol. The van der Waals surface area contributed by atoms with Gasteiger partial charge in [-0.15, -0.1) is 0 Å². The average Bonchev–Trinajstić information content (AvgIpc) is 2.88. The van der Waals surface area contributed by atoms with E-state index in [1.807, 2.05) is 24.5 Å². The third-order valence-corrected chi connectivity index (χ3v) is 3.19. The standard InChI is InChI=1S/C17H18FNO.C2H6/c1-5-12-11-16(17(3,4)20)19(15(12)6-2)14-9-7-13(18)8-10-14;1-2/h5-11,20H,1-2H2,3-4H3;1-2H3. The molecule has 1 N–H and O–H groups in total. The van der Waals surface area contributed by atoms with Gasteiger partial charge in [0.05, 0.1) is 17.0 Å². The van der Waals surface area contributed by atoms with E-state index in [4.69, 9.17) is 0 Å². The molecule has 0 fully saturated rings. The molecule has 118 valence electrons. The Bertz CT molecular complexity index is 645. The predicted octanol–water partition coefficient (Wildman–Crippen LogP) is 5.16. The molecule has 0 aliphatic rings. The minimum absolute atomic E-state index is 0.296. The molecular weight excluding hydrogens is 277 g/mol. The van der Waals surface area contributed by atoms with Crippen LogP contribution in [0.2, 0.25) is 0 Å². The summed E-state index contributed by atoms with van der Waals surface area (Å²) >= 11 is 0. The molecule has 0 aliphatic carbocycles. The highest BCUT2D eigenvalue weighted by Gasteiger charge is 2.24. The van der Waals surface area contributed by atoms with E-state index in [0.717, 1.165) is 16.9 Å². The largest absolute Gasteiger partial charge is 0.384 e. The molecule has 1 aromatic heterocycles. The normalized spacial score (nSPS) is 10.6. The number of halogens is 1. The topological polar surface area (TPSA) is 25.2 Å². The van der Waals surface area contributed by atoms with Crippen molar-refractivity contribution in [3.8, 4) is 5.69 Å². The lowest BCUT2D eigenvalue weighted by Gasteiger charge is -2.21. The van der Waals surface area contributed by atoms with Gasteiger partial charge >= 0.3 is 0 Å². The lowest BCUT2D eigenvalue weighted by Crippen LogP contribution is -2.20. The average molecular weight is 301 g/mol. The maximum atomic E-state index is 13.1. The van der Waals surface area contributed by atoms with E-state index in [-0.39, 0.29) is 5.82 Å². The van der Waals surface area contributed by atoms with E-state index in [0.29, 0.717) is 5.69 Å². The molecule has 0 radical (unpaired) electrons. The van der Waals surface area contributed by atoms with Crippen molar-refractivity contribution in [3.05, 3.63) is 66.3 Å². The Morgan fingerprint density at radius 1 is 1.09 bits per heavy atom. The maximum absolute atomic E-state index is 13.1. The van der Waals surface area contributed by atoms with Gasteiger partial charge in [-0.1, -0.05) is 33.1 Å². The van der Waals surface area contributed by atoms with Gasteiger partial charge in [0.2, 0.25) is 0 Å². The molecule has 2 nitrogen and oxygen atoms in total. The molecule has 1 heterocycles. The number of rotatable bonds is 4. The number of hydrogen-bond donors (Lipinski definition) is 1. The van der Waals surface area contributed by atoms with Gasteiger partial charge in [0.15, 0.2) is 0 Å². The van der Waals surface area contributed by atoms with Crippen LogP contribution in [0.15, 0.2) is 43.5 Å². The van der Waals surface area contributed by atoms with Crippen molar-refractivity contribution in [3.63, 3.8) is 0 Å². The van der Waals surface area contributed by atoms with Gasteiger partial charge in [-0.25, -0.2) is 4.39 Å². The van der Waals surface area contributed by atoms with E-state index in [2.05, 4.69) is 13.2 Å². The Balaban J connectivity index is 0.00000116. The van der Waals surface area contributed by atoms with Gasteiger partial charge in [0.1, 0.15) is 5.82 Å². The molecule has 2 rings (SSSR count). The van der Waals surface area contributed by atoms with Crippen molar-refractivity contribution in [2.75, 3.05) is 0 Å². The van der Waals surface area contributed by atoms with Crippen LogP contribution in [0.1, 0.15) is 44.6 Å². The van der Waals surface area contributed by atoms with Crippen LogP contribution in [0.3, 0.4) is 0 Å². The van der Waals surface area contributed by atoms with Crippen LogP contribution >= 0.6 is 0 Å². The van der Waals surface area contributed by atoms with Crippen LogP contribution in [-0.2, 0) is 5.60 Å². The van der Waals surface area contributed by atoms with Gasteiger partial charge < -0.3 is 9.67 Å². The van der Waals surface area contributed by atoms with Crippen LogP contribution in [-0.4, -0.2) is 9.67 Å². The Kier molecular flexibility index (Phi) is 5.89. The molecule has 0 saturated heterocycles. The monoisotopic (exact) mass is 301 g/mol. The highest BCUT2D eigenvalue weighted by Crippen LogP contribution is 2.30. The maximum Gasteiger partial charge on any atom is 0.123 e. The van der Waals surface area contributed by atoms with E-state index >= 15 is 0 Å². The molecule has 0 unspecified atom stereocenters. The van der Waals surface area contributed by atoms with Gasteiger partial charge in [0, 0.05) is 5.69 Å². The third kappa shape index (κ3) is 3.55. The van der Waals surface area contributed by atoms with E-state index < -0.39 is 5.60 Å². The number of aromatic nitrogens is 1. The van der Waals surface area contributed by atoms with Crippen molar-refractivity contribution in [2.45, 2.75) is 33.3 Å². The molecule has 0 bridgehead atoms. The minimum Gasteiger partial charge on any atom is -0.384 e. The molecule has 0 aliphatic heterocycles. The summed E-state index contributed by atoms with van der Waals surface area (Å²) in [6.07, 6.45) is 3.42. The second-order valence-corrected chi connectivity index (χ2v) is 5.15. The first-order chi connectivity index (χ1) is 10.4. The first kappa shape index (κ1) is 17.9. The zero-order valence-electron chi connectivity index (χ0n) is 13.7. The summed E-state index contributed by atoms with van der Waals surface area (Å²) in [5.41, 5.74) is 2.14. The zero-order chi connectivity index (χ0) is 16.9. The van der Waals surface area contributed by atoms with Crippen LogP contribution in [0.4, 0.5) is 4.39 Å². The fourth-order valence-corrected chi connectivity index (χ4v) is 2.24. The van der Waals surface area contributed by atoms with Gasteiger partial charge in [-0.05, 0) is 55.8 Å². The summed E-state index contributed by atoms with van der Waals surface area (Å²) in [6, 6.07) is 8.00. The van der Waals surface area contributed by atoms with Crippen molar-refractivity contribution in [2.24, 2.45) is 0 Å². The van der Waals surface area contributed by atoms with Crippen LogP contribution in [0.5, 0.6) is 0 Å². The summed E-state index contributed by atoms with van der Waals surface area (Å²) in [5, 5.41) is 10.4. The number of aliphatic hydroxyl groups is 1. The summed E-state index contributed by atoms with van der Waals surface area (Å²) in [4.78, 5) is 0. The smallest absolute Gasteiger partial charge is 0.123 e. The Morgan fingerprint density at radius 2 is 1.64 bits per heavy atom. The quantitative estimate of drug-likeness (QED) is 0.829. The number of benzene rings is 1. The molecule has 2 aromatic rings. The van der Waals surface area contributed by atoms with Crippen molar-refractivity contribution < 1.29 is 9.50 Å². The molecule has 22 heavy (non-hydrogen) atoms. The van der Waals surface area contributed by atoms with E-state index in [9.17, 15) is 9.50 Å². The molecule has 0 atom stereocenters. The van der Waals surface area contributed by atoms with Gasteiger partial charge in [-0.2, -0.15) is 0 Å². The zero-order valence-corrected chi connectivity index (χ0v) is 13.7. The molecule has 0 amide bonds. The van der Waals surface area contributed by atoms with Crippen LogP contribution < -0.4 is 0 Å². The Morgan fingerprint density at radius 3 is 2.05 bits per heavy atom. The van der Waals surface area contributed by atoms with Crippen LogP contribution in [0.25, 0.3) is 17.8 Å². The highest BCUT2D eigenvalue weighted by molar-refractivity contribution is 5.65. The first-order valence-electron chi connectivity index (χ1n) is 7.38. The number of nitrogens with zero attached hydrogens (tertiary/aromatic N) is 1. The van der Waals surface area contributed by atoms with E-state index in [1.165, 1.54) is 12.1 Å². The Hall–Kier alpha value is -2.13. The summed E-state index contributed by atoms with van der Waals surface area (Å²) in [7, 11) is 0. The second kappa shape index (κ2) is 7.23. The molecule has 3 heteroatoms. The fraction of sp³-hybridized carbons (Fsp3) is 0.263. The van der Waals surface area contributed by atoms with Crippen molar-refractivity contribution >= 4 is 12.2 Å². The highest BCUT2D eigenvalue weighted by atomic mass is 19.1. The summed E-state index contributed by atoms with van der Waals surface area (Å²) in [5.74, 6) is -0.296. The lowest BCUT2D eigenvalue weighted by atomic mass is 10.0. The van der Waals surface area contributed by atoms with Crippen LogP contribution in [0, 0.1) is 5.82 Å². The van der Waals surface area contributed by atoms with E-state index in [1.54, 1.807) is 38.1 Å². The molecule has 1 aromatic carbocycles. The molecule has 0 spiro atoms. The summed E-state index contributed by atoms with van der Waals surface area (Å²) < 4.78 is 15.0. The fourth-order valence-electron chi connectivity index (χ4n) is 2.24. The van der Waals surface area contributed by atoms with Crippen molar-refractivity contribution in [1.29, 1.82) is 0 Å². The van der Waals surface area contributed by atoms with Gasteiger partial charge in [-0.3, -0.25) is 0 Å². The second-order valence-electron chi connectivity index (χ2n) is 5.15. The molecular formula is C19H24FNO. The molecule has 0 saturated carbocycles. The Labute approximate surface area is 132 Å². The number of hydrogen-bond acceptors (Lipinski definition) is 1.